The maximum absolute atomic E-state index is 9.43. The molecule has 3 nitrogen and oxygen atoms in total. The molecule has 0 aliphatic rings. The molecule has 0 aromatic carbocycles. The van der Waals surface area contributed by atoms with Crippen LogP contribution in [0.5, 0.6) is 0 Å². The Balaban J connectivity index is 2.34. The molecule has 0 aliphatic carbocycles. The average molecular weight is 233 g/mol. The summed E-state index contributed by atoms with van der Waals surface area (Å²) in [7, 11) is 1.81. The van der Waals surface area contributed by atoms with E-state index in [2.05, 4.69) is 10.3 Å². The summed E-state index contributed by atoms with van der Waals surface area (Å²) in [5.74, 6) is 0.634. The van der Waals surface area contributed by atoms with Gasteiger partial charge < -0.3 is 10.4 Å². The fraction of sp³-hybridized carbons (Fsp3) is 0.444. The number of aliphatic hydroxyl groups excluding tert-OH is 1. The normalized spacial score (nSPS) is 12.8. The van der Waals surface area contributed by atoms with Crippen LogP contribution in [0.25, 0.3) is 0 Å². The van der Waals surface area contributed by atoms with Crippen LogP contribution in [0.1, 0.15) is 0 Å². The Bertz CT molecular complexity index is 268. The van der Waals surface area contributed by atoms with Crippen LogP contribution in [0.4, 0.5) is 0 Å². The van der Waals surface area contributed by atoms with Gasteiger partial charge in [0.2, 0.25) is 0 Å². The van der Waals surface area contributed by atoms with E-state index in [0.29, 0.717) is 17.3 Å². The van der Waals surface area contributed by atoms with Crippen LogP contribution in [-0.4, -0.2) is 35.5 Å². The van der Waals surface area contributed by atoms with E-state index in [-0.39, 0.29) is 6.10 Å². The number of nitrogens with one attached hydrogen (secondary N) is 1. The van der Waals surface area contributed by atoms with Crippen molar-refractivity contribution in [3.05, 3.63) is 23.4 Å². The zero-order valence-corrected chi connectivity index (χ0v) is 9.48. The van der Waals surface area contributed by atoms with E-state index < -0.39 is 0 Å². The lowest BCUT2D eigenvalue weighted by Crippen LogP contribution is -2.25. The van der Waals surface area contributed by atoms with Gasteiger partial charge >= 0.3 is 0 Å². The van der Waals surface area contributed by atoms with Crippen molar-refractivity contribution < 1.29 is 5.11 Å². The molecule has 1 aromatic heterocycles. The maximum Gasteiger partial charge on any atom is 0.0961 e. The van der Waals surface area contributed by atoms with E-state index in [1.54, 1.807) is 12.3 Å². The zero-order valence-electron chi connectivity index (χ0n) is 7.90. The number of hydrogen-bond acceptors (Lipinski definition) is 4. The summed E-state index contributed by atoms with van der Waals surface area (Å²) in [6.45, 7) is 0.598. The number of nitrogens with zero attached hydrogens (tertiary/aromatic N) is 1. The Labute approximate surface area is 92.9 Å². The number of thioether (sulfide) groups is 1. The predicted molar refractivity (Wildman–Crippen MR) is 59.9 cm³/mol. The number of likely N-dealkylation sites (N-methyl/N-ethyl adjacent to an activating group) is 1. The van der Waals surface area contributed by atoms with Crippen LogP contribution in [0.15, 0.2) is 23.4 Å². The molecule has 0 spiro atoms. The highest BCUT2D eigenvalue weighted by Crippen LogP contribution is 2.17. The molecule has 1 rings (SSSR count). The fourth-order valence-corrected chi connectivity index (χ4v) is 1.81. The number of aliphatic hydroxyl groups is 1. The number of halogens is 1. The van der Waals surface area contributed by atoms with Crippen molar-refractivity contribution in [1.82, 2.24) is 10.3 Å². The smallest absolute Gasteiger partial charge is 0.0961 e. The molecular weight excluding hydrogens is 220 g/mol. The van der Waals surface area contributed by atoms with Crippen LogP contribution in [0, 0.1) is 0 Å². The highest BCUT2D eigenvalue weighted by atomic mass is 35.5. The molecule has 0 amide bonds. The van der Waals surface area contributed by atoms with Crippen molar-refractivity contribution in [3.63, 3.8) is 0 Å². The van der Waals surface area contributed by atoms with Gasteiger partial charge in [-0.15, -0.1) is 11.8 Å². The third-order valence-electron chi connectivity index (χ3n) is 1.56. The first-order valence-electron chi connectivity index (χ1n) is 4.29. The molecule has 2 N–H and O–H groups in total. The molecule has 1 heterocycles. The van der Waals surface area contributed by atoms with Gasteiger partial charge in [0.25, 0.3) is 0 Å². The number of pyridine rings is 1. The number of rotatable bonds is 5. The second-order valence-corrected chi connectivity index (χ2v) is 4.31. The van der Waals surface area contributed by atoms with Gasteiger partial charge in [0.05, 0.1) is 16.2 Å². The van der Waals surface area contributed by atoms with Gasteiger partial charge in [-0.05, 0) is 19.2 Å². The third kappa shape index (κ3) is 4.28. The maximum atomic E-state index is 9.43. The van der Waals surface area contributed by atoms with Crippen LogP contribution >= 0.6 is 23.4 Å². The molecule has 0 aliphatic heterocycles. The van der Waals surface area contributed by atoms with Gasteiger partial charge in [-0.2, -0.15) is 0 Å². The van der Waals surface area contributed by atoms with Crippen LogP contribution in [-0.2, 0) is 0 Å². The monoisotopic (exact) mass is 232 g/mol. The lowest BCUT2D eigenvalue weighted by Gasteiger charge is -2.08. The highest BCUT2D eigenvalue weighted by Gasteiger charge is 2.03. The van der Waals surface area contributed by atoms with Gasteiger partial charge in [-0.25, -0.2) is 4.98 Å². The predicted octanol–water partition coefficient (Wildman–Crippen LogP) is 1.41. The topological polar surface area (TPSA) is 45.1 Å². The molecule has 14 heavy (non-hydrogen) atoms. The first-order chi connectivity index (χ1) is 6.72. The van der Waals surface area contributed by atoms with Crippen molar-refractivity contribution >= 4 is 23.4 Å². The molecule has 0 saturated carbocycles. The van der Waals surface area contributed by atoms with E-state index >= 15 is 0 Å². The Hall–Kier alpha value is -0.290. The second-order valence-electron chi connectivity index (χ2n) is 2.84. The summed E-state index contributed by atoms with van der Waals surface area (Å²) in [5, 5.41) is 13.8. The molecule has 0 bridgehead atoms. The second kappa shape index (κ2) is 6.24. The Morgan fingerprint density at radius 1 is 1.64 bits per heavy atom. The quantitative estimate of drug-likeness (QED) is 0.754. The molecule has 1 atom stereocenters. The lowest BCUT2D eigenvalue weighted by molar-refractivity contribution is 0.199. The first kappa shape index (κ1) is 11.8. The Morgan fingerprint density at radius 3 is 3.00 bits per heavy atom. The number of aromatic nitrogens is 1. The number of hydrogen-bond donors (Lipinski definition) is 2. The third-order valence-corrected chi connectivity index (χ3v) is 2.88. The molecule has 0 saturated heterocycles. The largest absolute Gasteiger partial charge is 0.391 e. The Morgan fingerprint density at radius 2 is 2.43 bits per heavy atom. The van der Waals surface area contributed by atoms with Crippen molar-refractivity contribution in [2.75, 3.05) is 19.3 Å². The molecule has 0 fully saturated rings. The standard InChI is InChI=1S/C9H13ClN2OS/c1-11-5-8(13)6-14-9-3-2-7(10)4-12-9/h2-4,8,11,13H,5-6H2,1H3. The molecule has 0 radical (unpaired) electrons. The van der Waals surface area contributed by atoms with Crippen LogP contribution in [0.2, 0.25) is 5.02 Å². The minimum Gasteiger partial charge on any atom is -0.391 e. The molecule has 5 heteroatoms. The molecule has 78 valence electrons. The van der Waals surface area contributed by atoms with Gasteiger partial charge in [-0.1, -0.05) is 11.6 Å². The zero-order chi connectivity index (χ0) is 10.4. The van der Waals surface area contributed by atoms with Crippen molar-refractivity contribution in [2.24, 2.45) is 0 Å². The van der Waals surface area contributed by atoms with Crippen molar-refractivity contribution in [1.29, 1.82) is 0 Å². The summed E-state index contributed by atoms with van der Waals surface area (Å²) in [5.41, 5.74) is 0. The summed E-state index contributed by atoms with van der Waals surface area (Å²) < 4.78 is 0. The van der Waals surface area contributed by atoms with Crippen molar-refractivity contribution in [2.45, 2.75) is 11.1 Å². The SMILES string of the molecule is CNCC(O)CSc1ccc(Cl)cn1. The van der Waals surface area contributed by atoms with E-state index in [9.17, 15) is 5.11 Å². The van der Waals surface area contributed by atoms with E-state index in [1.807, 2.05) is 13.1 Å². The van der Waals surface area contributed by atoms with E-state index in [1.165, 1.54) is 11.8 Å². The lowest BCUT2D eigenvalue weighted by atomic mass is 10.4. The fourth-order valence-electron chi connectivity index (χ4n) is 0.924. The molecule has 1 unspecified atom stereocenters. The van der Waals surface area contributed by atoms with Crippen LogP contribution < -0.4 is 5.32 Å². The summed E-state index contributed by atoms with van der Waals surface area (Å²) in [6, 6.07) is 3.64. The Kier molecular flexibility index (Phi) is 5.25. The van der Waals surface area contributed by atoms with Gasteiger partial charge in [0, 0.05) is 18.5 Å². The summed E-state index contributed by atoms with van der Waals surface area (Å²) in [6.07, 6.45) is 1.26. The summed E-state index contributed by atoms with van der Waals surface area (Å²) >= 11 is 7.21. The van der Waals surface area contributed by atoms with Gasteiger partial charge in [-0.3, -0.25) is 0 Å². The van der Waals surface area contributed by atoms with E-state index in [0.717, 1.165) is 5.03 Å². The van der Waals surface area contributed by atoms with E-state index in [4.69, 9.17) is 11.6 Å². The van der Waals surface area contributed by atoms with Crippen LogP contribution in [0.3, 0.4) is 0 Å². The molecular formula is C9H13ClN2OS. The van der Waals surface area contributed by atoms with Gasteiger partial charge in [0.15, 0.2) is 0 Å². The molecule has 1 aromatic rings. The summed E-state index contributed by atoms with van der Waals surface area (Å²) in [4.78, 5) is 4.11. The minimum absolute atomic E-state index is 0.345. The van der Waals surface area contributed by atoms with Crippen molar-refractivity contribution in [3.8, 4) is 0 Å². The highest BCUT2D eigenvalue weighted by molar-refractivity contribution is 7.99. The van der Waals surface area contributed by atoms with Gasteiger partial charge in [0.1, 0.15) is 0 Å². The average Bonchev–Trinajstić information content (AvgIpc) is 2.17. The minimum atomic E-state index is -0.345. The first-order valence-corrected chi connectivity index (χ1v) is 5.65.